The number of allylic oxidation sites excluding steroid dienone is 2. The highest BCUT2D eigenvalue weighted by Crippen LogP contribution is 2.16. The van der Waals surface area contributed by atoms with Crippen molar-refractivity contribution in [3.05, 3.63) is 12.2 Å². The van der Waals surface area contributed by atoms with Gasteiger partial charge in [-0.2, -0.15) is 0 Å². The molecule has 0 aliphatic carbocycles. The molecule has 3 atom stereocenters. The SMILES string of the molecule is CCCCCCCCCCCCC/C=C/CCCC(O)C(O)C(CO)NC(=O)CCCCCCCCCCCCCCCCCCCCC. The van der Waals surface area contributed by atoms with Crippen LogP contribution < -0.4 is 5.32 Å². The van der Waals surface area contributed by atoms with Crippen molar-refractivity contribution in [3.63, 3.8) is 0 Å². The van der Waals surface area contributed by atoms with E-state index in [-0.39, 0.29) is 12.5 Å². The van der Waals surface area contributed by atoms with Crippen LogP contribution in [0.5, 0.6) is 0 Å². The number of aliphatic hydroxyl groups excluding tert-OH is 3. The molecule has 5 heteroatoms. The van der Waals surface area contributed by atoms with Gasteiger partial charge in [0.05, 0.1) is 18.8 Å². The average molecular weight is 694 g/mol. The van der Waals surface area contributed by atoms with E-state index in [9.17, 15) is 20.1 Å². The van der Waals surface area contributed by atoms with Crippen LogP contribution in [-0.4, -0.2) is 46.1 Å². The standard InChI is InChI=1S/C44H87NO4/c1-3-5-7-9-11-13-15-17-19-21-22-23-25-27-29-31-33-35-37-39-43(48)45-41(40-46)44(49)42(47)38-36-34-32-30-28-26-24-20-18-16-14-12-10-8-6-4-2/h30,32,41-42,44,46-47,49H,3-29,31,33-40H2,1-2H3,(H,45,48)/b32-30+. The Morgan fingerprint density at radius 1 is 0.490 bits per heavy atom. The van der Waals surface area contributed by atoms with Gasteiger partial charge in [0.15, 0.2) is 0 Å². The van der Waals surface area contributed by atoms with E-state index in [0.717, 1.165) is 38.5 Å². The maximum atomic E-state index is 12.4. The molecule has 0 spiro atoms. The summed E-state index contributed by atoms with van der Waals surface area (Å²) in [6.45, 7) is 4.18. The minimum absolute atomic E-state index is 0.150. The molecule has 0 aliphatic heterocycles. The predicted molar refractivity (Wildman–Crippen MR) is 213 cm³/mol. The van der Waals surface area contributed by atoms with Crippen LogP contribution in [-0.2, 0) is 4.79 Å². The first-order valence-corrected chi connectivity index (χ1v) is 22.0. The third kappa shape index (κ3) is 35.3. The molecule has 0 aromatic carbocycles. The normalized spacial score (nSPS) is 13.7. The van der Waals surface area contributed by atoms with Crippen molar-refractivity contribution in [1.29, 1.82) is 0 Å². The summed E-state index contributed by atoms with van der Waals surface area (Å²) < 4.78 is 0. The lowest BCUT2D eigenvalue weighted by atomic mass is 10.0. The quantitative estimate of drug-likeness (QED) is 0.0380. The van der Waals surface area contributed by atoms with Gasteiger partial charge in [-0.15, -0.1) is 0 Å². The molecular weight excluding hydrogens is 606 g/mol. The van der Waals surface area contributed by atoms with Crippen molar-refractivity contribution in [1.82, 2.24) is 5.32 Å². The molecule has 49 heavy (non-hydrogen) atoms. The predicted octanol–water partition coefficient (Wildman–Crippen LogP) is 12.4. The van der Waals surface area contributed by atoms with Gasteiger partial charge < -0.3 is 20.6 Å². The maximum absolute atomic E-state index is 12.4. The summed E-state index contributed by atoms with van der Waals surface area (Å²) in [5.41, 5.74) is 0. The van der Waals surface area contributed by atoms with Gasteiger partial charge >= 0.3 is 0 Å². The first-order chi connectivity index (χ1) is 24.1. The molecule has 0 saturated heterocycles. The Labute approximate surface area is 306 Å². The number of rotatable bonds is 40. The lowest BCUT2D eigenvalue weighted by molar-refractivity contribution is -0.124. The van der Waals surface area contributed by atoms with Crippen molar-refractivity contribution in [2.24, 2.45) is 0 Å². The van der Waals surface area contributed by atoms with Crippen molar-refractivity contribution in [2.75, 3.05) is 6.61 Å². The van der Waals surface area contributed by atoms with Crippen molar-refractivity contribution in [2.45, 2.75) is 257 Å². The van der Waals surface area contributed by atoms with E-state index in [4.69, 9.17) is 0 Å². The summed E-state index contributed by atoms with van der Waals surface area (Å²) >= 11 is 0. The van der Waals surface area contributed by atoms with Gasteiger partial charge in [-0.25, -0.2) is 0 Å². The summed E-state index contributed by atoms with van der Waals surface area (Å²) in [7, 11) is 0. The van der Waals surface area contributed by atoms with Crippen LogP contribution in [0, 0.1) is 0 Å². The van der Waals surface area contributed by atoms with Gasteiger partial charge in [-0.05, 0) is 38.5 Å². The molecule has 0 saturated carbocycles. The van der Waals surface area contributed by atoms with Gasteiger partial charge in [0, 0.05) is 6.42 Å². The Bertz CT molecular complexity index is 684. The highest BCUT2D eigenvalue weighted by molar-refractivity contribution is 5.76. The number of aliphatic hydroxyl groups is 3. The molecule has 0 aromatic rings. The number of unbranched alkanes of at least 4 members (excludes halogenated alkanes) is 30. The number of amides is 1. The van der Waals surface area contributed by atoms with Crippen molar-refractivity contribution < 1.29 is 20.1 Å². The molecule has 0 rings (SSSR count). The highest BCUT2D eigenvalue weighted by Gasteiger charge is 2.26. The van der Waals surface area contributed by atoms with Crippen LogP contribution in [0.2, 0.25) is 0 Å². The molecular formula is C44H87NO4. The number of hydrogen-bond acceptors (Lipinski definition) is 4. The van der Waals surface area contributed by atoms with Crippen LogP contribution in [0.4, 0.5) is 0 Å². The first-order valence-electron chi connectivity index (χ1n) is 22.0. The third-order valence-electron chi connectivity index (χ3n) is 10.4. The molecule has 0 aliphatic rings. The van der Waals surface area contributed by atoms with Gasteiger partial charge in [-0.1, -0.05) is 206 Å². The summed E-state index contributed by atoms with van der Waals surface area (Å²) in [4.78, 5) is 12.4. The number of carbonyl (C=O) groups excluding carboxylic acids is 1. The Hall–Kier alpha value is -0.910. The minimum Gasteiger partial charge on any atom is -0.394 e. The Balaban J connectivity index is 3.63. The Kier molecular flexibility index (Phi) is 39.1. The third-order valence-corrected chi connectivity index (χ3v) is 10.4. The summed E-state index contributed by atoms with van der Waals surface area (Å²) in [5.74, 6) is -0.150. The van der Waals surface area contributed by atoms with Crippen LogP contribution in [0.15, 0.2) is 12.2 Å². The second-order valence-electron chi connectivity index (χ2n) is 15.3. The molecule has 4 N–H and O–H groups in total. The molecule has 0 aromatic heterocycles. The number of nitrogens with one attached hydrogen (secondary N) is 1. The summed E-state index contributed by atoms with van der Waals surface area (Å²) in [6.07, 6.45) is 46.0. The fraction of sp³-hybridized carbons (Fsp3) is 0.932. The van der Waals surface area contributed by atoms with E-state index in [2.05, 4.69) is 31.3 Å². The average Bonchev–Trinajstić information content (AvgIpc) is 3.10. The zero-order chi connectivity index (χ0) is 35.9. The Morgan fingerprint density at radius 3 is 1.18 bits per heavy atom. The van der Waals surface area contributed by atoms with Crippen LogP contribution in [0.1, 0.15) is 239 Å². The fourth-order valence-corrected chi connectivity index (χ4v) is 6.93. The molecule has 0 fully saturated rings. The van der Waals surface area contributed by atoms with E-state index in [1.807, 2.05) is 0 Å². The first kappa shape index (κ1) is 48.1. The van der Waals surface area contributed by atoms with Gasteiger partial charge in [0.1, 0.15) is 6.10 Å². The molecule has 0 radical (unpaired) electrons. The van der Waals surface area contributed by atoms with E-state index in [1.54, 1.807) is 0 Å². The van der Waals surface area contributed by atoms with E-state index >= 15 is 0 Å². The van der Waals surface area contributed by atoms with Gasteiger partial charge in [0.2, 0.25) is 5.91 Å². The summed E-state index contributed by atoms with van der Waals surface area (Å²) in [5, 5.41) is 33.5. The van der Waals surface area contributed by atoms with E-state index < -0.39 is 18.2 Å². The van der Waals surface area contributed by atoms with Crippen LogP contribution >= 0.6 is 0 Å². The maximum Gasteiger partial charge on any atom is 0.220 e. The molecule has 0 bridgehead atoms. The highest BCUT2D eigenvalue weighted by atomic mass is 16.3. The minimum atomic E-state index is -1.15. The summed E-state index contributed by atoms with van der Waals surface area (Å²) in [6, 6.07) is -0.820. The zero-order valence-corrected chi connectivity index (χ0v) is 33.1. The number of hydrogen-bond donors (Lipinski definition) is 4. The lowest BCUT2D eigenvalue weighted by Gasteiger charge is -2.26. The van der Waals surface area contributed by atoms with Gasteiger partial charge in [-0.3, -0.25) is 4.79 Å². The zero-order valence-electron chi connectivity index (χ0n) is 33.1. The Morgan fingerprint density at radius 2 is 0.816 bits per heavy atom. The largest absolute Gasteiger partial charge is 0.394 e. The molecule has 292 valence electrons. The lowest BCUT2D eigenvalue weighted by Crippen LogP contribution is -2.50. The monoisotopic (exact) mass is 694 g/mol. The smallest absolute Gasteiger partial charge is 0.220 e. The van der Waals surface area contributed by atoms with Gasteiger partial charge in [0.25, 0.3) is 0 Å². The van der Waals surface area contributed by atoms with E-state index in [0.29, 0.717) is 12.8 Å². The van der Waals surface area contributed by atoms with Crippen LogP contribution in [0.25, 0.3) is 0 Å². The van der Waals surface area contributed by atoms with Crippen molar-refractivity contribution in [3.8, 4) is 0 Å². The topological polar surface area (TPSA) is 89.8 Å². The second-order valence-corrected chi connectivity index (χ2v) is 15.3. The number of carbonyl (C=O) groups is 1. The van der Waals surface area contributed by atoms with Crippen LogP contribution in [0.3, 0.4) is 0 Å². The molecule has 5 nitrogen and oxygen atoms in total. The molecule has 1 amide bonds. The fourth-order valence-electron chi connectivity index (χ4n) is 6.93. The second kappa shape index (κ2) is 39.9. The van der Waals surface area contributed by atoms with E-state index in [1.165, 1.54) is 173 Å². The molecule has 3 unspecified atom stereocenters. The van der Waals surface area contributed by atoms with Crippen molar-refractivity contribution >= 4 is 5.91 Å². The molecule has 0 heterocycles.